The highest BCUT2D eigenvalue weighted by atomic mass is 16.6. The third-order valence-electron chi connectivity index (χ3n) is 9.81. The van der Waals surface area contributed by atoms with Gasteiger partial charge in [0.25, 0.3) is 0 Å². The fourth-order valence-corrected chi connectivity index (χ4v) is 7.94. The van der Waals surface area contributed by atoms with Gasteiger partial charge in [-0.3, -0.25) is 4.79 Å². The Bertz CT molecular complexity index is 1090. The van der Waals surface area contributed by atoms with Gasteiger partial charge in [0.05, 0.1) is 16.8 Å². The van der Waals surface area contributed by atoms with Crippen molar-refractivity contribution >= 4 is 11.8 Å². The zero-order chi connectivity index (χ0) is 23.7. The van der Waals surface area contributed by atoms with Crippen LogP contribution in [0, 0.1) is 23.2 Å². The molecule has 5 nitrogen and oxygen atoms in total. The van der Waals surface area contributed by atoms with Crippen molar-refractivity contribution in [3.63, 3.8) is 0 Å². The van der Waals surface area contributed by atoms with Crippen LogP contribution >= 0.6 is 0 Å². The van der Waals surface area contributed by atoms with Gasteiger partial charge in [-0.1, -0.05) is 44.2 Å². The molecule has 0 aromatic heterocycles. The van der Waals surface area contributed by atoms with Crippen LogP contribution < -0.4 is 5.32 Å². The SMILES string of the molecule is CNC[C@H]1C[C@@]23CC[C@@]4(O2)C(=CC[C@]2(C)C(=O)CC[C@H]24)C=C3[C@@H](OC(=O)c2ccccc2)[C@@H]1C. The molecule has 0 amide bonds. The highest BCUT2D eigenvalue weighted by molar-refractivity contribution is 5.90. The van der Waals surface area contributed by atoms with Crippen LogP contribution in [0.15, 0.2) is 53.6 Å². The van der Waals surface area contributed by atoms with E-state index in [-0.39, 0.29) is 34.9 Å². The first kappa shape index (κ1) is 22.2. The molecule has 0 radical (unpaired) electrons. The summed E-state index contributed by atoms with van der Waals surface area (Å²) in [5, 5.41) is 3.36. The number of Topliss-reactive ketones (excluding diaryl/α,β-unsaturated/α-hetero) is 1. The molecule has 180 valence electrons. The summed E-state index contributed by atoms with van der Waals surface area (Å²) in [7, 11) is 1.98. The van der Waals surface area contributed by atoms with Gasteiger partial charge in [-0.05, 0) is 69.3 Å². The lowest BCUT2D eigenvalue weighted by Crippen LogP contribution is -2.58. The summed E-state index contributed by atoms with van der Waals surface area (Å²) in [6.07, 6.45) is 9.37. The lowest BCUT2D eigenvalue weighted by molar-refractivity contribution is -0.158. The Balaban J connectivity index is 1.42. The molecule has 1 aromatic carbocycles. The minimum Gasteiger partial charge on any atom is -0.454 e. The van der Waals surface area contributed by atoms with Gasteiger partial charge in [0, 0.05) is 29.2 Å². The van der Waals surface area contributed by atoms with Crippen LogP contribution in [0.1, 0.15) is 62.7 Å². The molecule has 5 heteroatoms. The Morgan fingerprint density at radius 1 is 1.24 bits per heavy atom. The number of ether oxygens (including phenoxy) is 2. The van der Waals surface area contributed by atoms with E-state index >= 15 is 0 Å². The molecule has 2 aliphatic heterocycles. The quantitative estimate of drug-likeness (QED) is 0.663. The van der Waals surface area contributed by atoms with Gasteiger partial charge in [-0.15, -0.1) is 0 Å². The summed E-state index contributed by atoms with van der Waals surface area (Å²) in [6, 6.07) is 9.26. The molecule has 5 aliphatic rings. The Hall–Kier alpha value is -2.24. The lowest BCUT2D eigenvalue weighted by Gasteiger charge is -2.55. The number of benzene rings is 1. The normalized spacial score (nSPS) is 42.3. The maximum absolute atomic E-state index is 13.2. The van der Waals surface area contributed by atoms with E-state index in [1.165, 1.54) is 5.57 Å². The van der Waals surface area contributed by atoms with Crippen molar-refractivity contribution in [2.75, 3.05) is 13.6 Å². The van der Waals surface area contributed by atoms with E-state index in [0.29, 0.717) is 23.7 Å². The summed E-state index contributed by atoms with van der Waals surface area (Å²) in [5.41, 5.74) is 1.82. The first-order chi connectivity index (χ1) is 16.3. The van der Waals surface area contributed by atoms with Gasteiger partial charge >= 0.3 is 5.97 Å². The Morgan fingerprint density at radius 2 is 2.03 bits per heavy atom. The standard InChI is InChI=1S/C29H35NO4/c1-18-20(17-30-3)16-28-13-14-29(34-28)21(11-12-27(2)23(29)9-10-24(27)31)15-22(28)25(18)33-26(32)19-7-5-4-6-8-19/h4-8,11,15,18,20,23,25,30H,9-10,12-14,16-17H2,1-3H3/t18-,20-,23-,25+,27+,28-,29-/m1/s1. The van der Waals surface area contributed by atoms with Crippen LogP contribution in [0.25, 0.3) is 0 Å². The average Bonchev–Trinajstić information content (AvgIpc) is 3.32. The fraction of sp³-hybridized carbons (Fsp3) is 0.586. The zero-order valence-electron chi connectivity index (χ0n) is 20.4. The Labute approximate surface area is 202 Å². The van der Waals surface area contributed by atoms with Crippen molar-refractivity contribution in [1.29, 1.82) is 0 Å². The molecule has 7 atom stereocenters. The van der Waals surface area contributed by atoms with E-state index in [1.54, 1.807) is 0 Å². The molecule has 34 heavy (non-hydrogen) atoms. The number of carbonyl (C=O) groups is 2. The second-order valence-corrected chi connectivity index (χ2v) is 11.5. The molecule has 2 spiro atoms. The maximum atomic E-state index is 13.2. The second-order valence-electron chi connectivity index (χ2n) is 11.5. The van der Waals surface area contributed by atoms with Gasteiger partial charge in [-0.25, -0.2) is 4.79 Å². The summed E-state index contributed by atoms with van der Waals surface area (Å²) >= 11 is 0. The van der Waals surface area contributed by atoms with Crippen molar-refractivity contribution in [1.82, 2.24) is 5.32 Å². The van der Waals surface area contributed by atoms with Crippen molar-refractivity contribution in [3.8, 4) is 0 Å². The van der Waals surface area contributed by atoms with E-state index in [1.807, 2.05) is 37.4 Å². The third-order valence-corrected chi connectivity index (χ3v) is 9.81. The van der Waals surface area contributed by atoms with Crippen LogP contribution in [0.5, 0.6) is 0 Å². The van der Waals surface area contributed by atoms with Crippen molar-refractivity contribution in [3.05, 3.63) is 59.2 Å². The van der Waals surface area contributed by atoms with Crippen LogP contribution in [0.3, 0.4) is 0 Å². The molecule has 1 saturated heterocycles. The summed E-state index contributed by atoms with van der Waals surface area (Å²) in [6.45, 7) is 5.21. The van der Waals surface area contributed by atoms with E-state index < -0.39 is 5.60 Å². The number of rotatable bonds is 4. The first-order valence-corrected chi connectivity index (χ1v) is 12.9. The van der Waals surface area contributed by atoms with Gasteiger partial charge in [0.15, 0.2) is 0 Å². The molecule has 2 bridgehead atoms. The number of hydrogen-bond acceptors (Lipinski definition) is 5. The van der Waals surface area contributed by atoms with Crippen LogP contribution in [0.4, 0.5) is 0 Å². The smallest absolute Gasteiger partial charge is 0.338 e. The predicted octanol–water partition coefficient (Wildman–Crippen LogP) is 4.63. The minimum absolute atomic E-state index is 0.177. The number of nitrogens with one attached hydrogen (secondary N) is 1. The van der Waals surface area contributed by atoms with E-state index in [2.05, 4.69) is 31.3 Å². The molecule has 1 aromatic rings. The summed E-state index contributed by atoms with van der Waals surface area (Å²) in [5.74, 6) is 0.853. The summed E-state index contributed by atoms with van der Waals surface area (Å²) in [4.78, 5) is 26.0. The molecule has 2 saturated carbocycles. The van der Waals surface area contributed by atoms with E-state index in [4.69, 9.17) is 9.47 Å². The molecular weight excluding hydrogens is 426 g/mol. The van der Waals surface area contributed by atoms with Crippen LogP contribution in [-0.4, -0.2) is 42.7 Å². The van der Waals surface area contributed by atoms with Crippen molar-refractivity contribution in [2.45, 2.75) is 69.7 Å². The molecule has 3 aliphatic carbocycles. The molecule has 3 fully saturated rings. The average molecular weight is 462 g/mol. The van der Waals surface area contributed by atoms with Crippen LogP contribution in [-0.2, 0) is 14.3 Å². The fourth-order valence-electron chi connectivity index (χ4n) is 7.94. The molecular formula is C29H35NO4. The lowest BCUT2D eigenvalue weighted by atomic mass is 9.60. The number of fused-ring (bicyclic) bond motifs is 1. The van der Waals surface area contributed by atoms with E-state index in [9.17, 15) is 9.59 Å². The third kappa shape index (κ3) is 2.92. The molecule has 1 N–H and O–H groups in total. The Kier molecular flexibility index (Phi) is 4.99. The summed E-state index contributed by atoms with van der Waals surface area (Å²) < 4.78 is 13.5. The van der Waals surface area contributed by atoms with Gasteiger partial charge in [0.1, 0.15) is 11.9 Å². The number of ketones is 1. The zero-order valence-corrected chi connectivity index (χ0v) is 20.4. The molecule has 0 unspecified atom stereocenters. The largest absolute Gasteiger partial charge is 0.454 e. The van der Waals surface area contributed by atoms with Crippen molar-refractivity contribution in [2.24, 2.45) is 23.2 Å². The molecule has 2 heterocycles. The van der Waals surface area contributed by atoms with Crippen LogP contribution in [0.2, 0.25) is 0 Å². The first-order valence-electron chi connectivity index (χ1n) is 12.9. The number of hydrogen-bond donors (Lipinski definition) is 1. The number of esters is 1. The topological polar surface area (TPSA) is 64.6 Å². The monoisotopic (exact) mass is 461 g/mol. The maximum Gasteiger partial charge on any atom is 0.338 e. The Morgan fingerprint density at radius 3 is 2.79 bits per heavy atom. The van der Waals surface area contributed by atoms with E-state index in [0.717, 1.165) is 44.2 Å². The van der Waals surface area contributed by atoms with Gasteiger partial charge < -0.3 is 14.8 Å². The highest BCUT2D eigenvalue weighted by Gasteiger charge is 2.68. The highest BCUT2D eigenvalue weighted by Crippen LogP contribution is 2.66. The minimum atomic E-state index is -0.420. The second kappa shape index (κ2) is 7.63. The van der Waals surface area contributed by atoms with Gasteiger partial charge in [-0.2, -0.15) is 0 Å². The van der Waals surface area contributed by atoms with Crippen molar-refractivity contribution < 1.29 is 19.1 Å². The number of allylic oxidation sites excluding steroid dienone is 1. The van der Waals surface area contributed by atoms with Gasteiger partial charge in [0.2, 0.25) is 0 Å². The molecule has 6 rings (SSSR count). The predicted molar refractivity (Wildman–Crippen MR) is 129 cm³/mol. The number of carbonyl (C=O) groups excluding carboxylic acids is 2.